The van der Waals surface area contributed by atoms with Crippen LogP contribution in [0.1, 0.15) is 22.8 Å². The maximum Gasteiger partial charge on any atom is 0.339 e. The van der Waals surface area contributed by atoms with E-state index in [-0.39, 0.29) is 5.91 Å². The minimum absolute atomic E-state index is 0.311. The van der Waals surface area contributed by atoms with Crippen LogP contribution in [-0.2, 0) is 9.53 Å². The summed E-state index contributed by atoms with van der Waals surface area (Å²) in [5.41, 5.74) is 3.37. The second-order valence-corrected chi connectivity index (χ2v) is 5.76. The predicted octanol–water partition coefficient (Wildman–Crippen LogP) is 4.06. The number of hydrogen-bond acceptors (Lipinski definition) is 4. The summed E-state index contributed by atoms with van der Waals surface area (Å²) in [4.78, 5) is 28.5. The van der Waals surface area contributed by atoms with Crippen LogP contribution in [0.3, 0.4) is 0 Å². The zero-order valence-corrected chi connectivity index (χ0v) is 14.5. The lowest BCUT2D eigenvalue weighted by atomic mass is 10.0. The van der Waals surface area contributed by atoms with Crippen LogP contribution in [0.2, 0.25) is 0 Å². The van der Waals surface area contributed by atoms with Gasteiger partial charge in [0, 0.05) is 17.7 Å². The van der Waals surface area contributed by atoms with Crippen molar-refractivity contribution in [1.82, 2.24) is 4.98 Å². The number of rotatable bonds is 4. The van der Waals surface area contributed by atoms with Crippen molar-refractivity contribution in [1.29, 1.82) is 0 Å². The highest BCUT2D eigenvalue weighted by atomic mass is 16.5. The standard InChI is InChI=1S/C21H18N2O3/c1-14(15-9-10-18-16(13-15)6-5-11-22-18)12-20(24)23-19-8-4-3-7-17(19)21(25)26-2/h3-13H,1-2H3,(H,23,24)/b14-12-. The number of amides is 1. The second-order valence-electron chi connectivity index (χ2n) is 5.76. The van der Waals surface area contributed by atoms with Crippen molar-refractivity contribution in [2.24, 2.45) is 0 Å². The van der Waals surface area contributed by atoms with Gasteiger partial charge in [0.15, 0.2) is 0 Å². The number of para-hydroxylation sites is 1. The van der Waals surface area contributed by atoms with Gasteiger partial charge in [0.05, 0.1) is 23.9 Å². The highest BCUT2D eigenvalue weighted by Crippen LogP contribution is 2.20. The van der Waals surface area contributed by atoms with E-state index in [1.807, 2.05) is 37.3 Å². The van der Waals surface area contributed by atoms with E-state index in [1.165, 1.54) is 13.2 Å². The number of esters is 1. The van der Waals surface area contributed by atoms with Gasteiger partial charge in [-0.3, -0.25) is 9.78 Å². The molecule has 3 rings (SSSR count). The molecule has 5 nitrogen and oxygen atoms in total. The first kappa shape index (κ1) is 17.4. The Morgan fingerprint density at radius 2 is 1.88 bits per heavy atom. The second kappa shape index (κ2) is 7.61. The third kappa shape index (κ3) is 3.78. The van der Waals surface area contributed by atoms with E-state index in [1.54, 1.807) is 30.5 Å². The zero-order valence-electron chi connectivity index (χ0n) is 14.5. The number of anilines is 1. The number of nitrogens with one attached hydrogen (secondary N) is 1. The van der Waals surface area contributed by atoms with Gasteiger partial charge in [0.2, 0.25) is 5.91 Å². The van der Waals surface area contributed by atoms with Crippen LogP contribution in [-0.4, -0.2) is 24.0 Å². The number of methoxy groups -OCH3 is 1. The third-order valence-electron chi connectivity index (χ3n) is 4.00. The van der Waals surface area contributed by atoms with Crippen LogP contribution < -0.4 is 5.32 Å². The van der Waals surface area contributed by atoms with E-state index in [2.05, 4.69) is 10.3 Å². The quantitative estimate of drug-likeness (QED) is 0.571. The molecule has 5 heteroatoms. The van der Waals surface area contributed by atoms with Gasteiger partial charge >= 0.3 is 5.97 Å². The fraction of sp³-hybridized carbons (Fsp3) is 0.0952. The Morgan fingerprint density at radius 3 is 2.69 bits per heavy atom. The van der Waals surface area contributed by atoms with Crippen LogP contribution in [0.5, 0.6) is 0 Å². The minimum Gasteiger partial charge on any atom is -0.465 e. The summed E-state index contributed by atoms with van der Waals surface area (Å²) in [6.07, 6.45) is 3.25. The molecule has 0 spiro atoms. The molecule has 1 heterocycles. The molecule has 0 atom stereocenters. The Kier molecular flexibility index (Phi) is 5.08. The largest absolute Gasteiger partial charge is 0.465 e. The lowest BCUT2D eigenvalue weighted by molar-refractivity contribution is -0.111. The van der Waals surface area contributed by atoms with Gasteiger partial charge < -0.3 is 10.1 Å². The molecule has 0 unspecified atom stereocenters. The van der Waals surface area contributed by atoms with E-state index in [9.17, 15) is 9.59 Å². The number of allylic oxidation sites excluding steroid dienone is 1. The number of benzene rings is 2. The summed E-state index contributed by atoms with van der Waals surface area (Å²) < 4.78 is 4.74. The Balaban J connectivity index is 1.83. The monoisotopic (exact) mass is 346 g/mol. The van der Waals surface area contributed by atoms with Crippen LogP contribution >= 0.6 is 0 Å². The number of hydrogen-bond donors (Lipinski definition) is 1. The smallest absolute Gasteiger partial charge is 0.339 e. The van der Waals surface area contributed by atoms with Crippen molar-refractivity contribution in [2.75, 3.05) is 12.4 Å². The fourth-order valence-corrected chi connectivity index (χ4v) is 2.65. The Labute approximate surface area is 151 Å². The molecule has 130 valence electrons. The first-order chi connectivity index (χ1) is 12.6. The van der Waals surface area contributed by atoms with Gasteiger partial charge in [-0.25, -0.2) is 4.79 Å². The Hall–Kier alpha value is -3.47. The average Bonchev–Trinajstić information content (AvgIpc) is 2.67. The molecule has 26 heavy (non-hydrogen) atoms. The maximum absolute atomic E-state index is 12.4. The summed E-state index contributed by atoms with van der Waals surface area (Å²) in [5, 5.41) is 3.74. The fourth-order valence-electron chi connectivity index (χ4n) is 2.65. The number of nitrogens with zero attached hydrogens (tertiary/aromatic N) is 1. The van der Waals surface area contributed by atoms with Crippen molar-refractivity contribution in [3.05, 3.63) is 78.0 Å². The molecule has 0 saturated heterocycles. The van der Waals surface area contributed by atoms with Gasteiger partial charge in [-0.1, -0.05) is 24.3 Å². The molecule has 0 fully saturated rings. The molecule has 0 aliphatic heterocycles. The van der Waals surface area contributed by atoms with Crippen LogP contribution in [0.15, 0.2) is 66.9 Å². The highest BCUT2D eigenvalue weighted by Gasteiger charge is 2.12. The van der Waals surface area contributed by atoms with Gasteiger partial charge in [-0.05, 0) is 48.4 Å². The van der Waals surface area contributed by atoms with Gasteiger partial charge in [0.1, 0.15) is 0 Å². The van der Waals surface area contributed by atoms with Gasteiger partial charge in [-0.2, -0.15) is 0 Å². The molecular weight excluding hydrogens is 328 g/mol. The summed E-state index contributed by atoms with van der Waals surface area (Å²) in [7, 11) is 1.31. The van der Waals surface area contributed by atoms with E-state index in [4.69, 9.17) is 4.74 Å². The number of carbonyl (C=O) groups excluding carboxylic acids is 2. The van der Waals surface area contributed by atoms with Crippen molar-refractivity contribution >= 4 is 34.0 Å². The number of carbonyl (C=O) groups is 2. The normalized spacial score (nSPS) is 11.2. The molecule has 2 aromatic carbocycles. The predicted molar refractivity (Wildman–Crippen MR) is 102 cm³/mol. The SMILES string of the molecule is COC(=O)c1ccccc1NC(=O)/C=C(/C)c1ccc2ncccc2c1. The molecule has 0 aliphatic rings. The van der Waals surface area contributed by atoms with E-state index in [0.717, 1.165) is 22.0 Å². The lowest BCUT2D eigenvalue weighted by Crippen LogP contribution is -2.13. The van der Waals surface area contributed by atoms with Crippen LogP contribution in [0, 0.1) is 0 Å². The maximum atomic E-state index is 12.4. The van der Waals surface area contributed by atoms with Crippen LogP contribution in [0.25, 0.3) is 16.5 Å². The van der Waals surface area contributed by atoms with Crippen molar-refractivity contribution in [2.45, 2.75) is 6.92 Å². The van der Waals surface area contributed by atoms with Gasteiger partial charge in [0.25, 0.3) is 0 Å². The number of pyridine rings is 1. The molecule has 0 radical (unpaired) electrons. The van der Waals surface area contributed by atoms with Gasteiger partial charge in [-0.15, -0.1) is 0 Å². The number of ether oxygens (including phenoxy) is 1. The average molecular weight is 346 g/mol. The Bertz CT molecular complexity index is 1010. The van der Waals surface area contributed by atoms with Crippen LogP contribution in [0.4, 0.5) is 5.69 Å². The van der Waals surface area contributed by atoms with E-state index in [0.29, 0.717) is 11.3 Å². The molecule has 1 N–H and O–H groups in total. The van der Waals surface area contributed by atoms with E-state index >= 15 is 0 Å². The molecule has 0 bridgehead atoms. The molecule has 1 amide bonds. The topological polar surface area (TPSA) is 68.3 Å². The lowest BCUT2D eigenvalue weighted by Gasteiger charge is -2.09. The molecule has 1 aromatic heterocycles. The van der Waals surface area contributed by atoms with E-state index < -0.39 is 5.97 Å². The summed E-state index contributed by atoms with van der Waals surface area (Å²) in [6.45, 7) is 1.86. The van der Waals surface area contributed by atoms with Crippen molar-refractivity contribution < 1.29 is 14.3 Å². The minimum atomic E-state index is -0.497. The number of aromatic nitrogens is 1. The van der Waals surface area contributed by atoms with Crippen molar-refractivity contribution in [3.8, 4) is 0 Å². The highest BCUT2D eigenvalue weighted by molar-refractivity contribution is 6.07. The molecular formula is C21H18N2O3. The molecule has 3 aromatic rings. The first-order valence-corrected chi connectivity index (χ1v) is 8.10. The molecule has 0 saturated carbocycles. The molecule has 0 aliphatic carbocycles. The Morgan fingerprint density at radius 1 is 1.08 bits per heavy atom. The summed E-state index contributed by atoms with van der Waals surface area (Å²) in [5.74, 6) is -0.811. The summed E-state index contributed by atoms with van der Waals surface area (Å²) in [6, 6.07) is 16.4. The third-order valence-corrected chi connectivity index (χ3v) is 4.00. The first-order valence-electron chi connectivity index (χ1n) is 8.10. The zero-order chi connectivity index (χ0) is 18.5. The summed E-state index contributed by atoms with van der Waals surface area (Å²) >= 11 is 0. The van der Waals surface area contributed by atoms with Crippen molar-refractivity contribution in [3.63, 3.8) is 0 Å². The number of fused-ring (bicyclic) bond motifs is 1.